The number of esters is 1. The van der Waals surface area contributed by atoms with Crippen LogP contribution in [-0.2, 0) is 17.7 Å². The number of hydrogen-bond acceptors (Lipinski definition) is 6. The summed E-state index contributed by atoms with van der Waals surface area (Å²) >= 11 is 0. The van der Waals surface area contributed by atoms with Gasteiger partial charge in [0.25, 0.3) is 5.91 Å². The summed E-state index contributed by atoms with van der Waals surface area (Å²) in [5, 5.41) is 11.0. The van der Waals surface area contributed by atoms with Gasteiger partial charge in [0.2, 0.25) is 0 Å². The highest BCUT2D eigenvalue weighted by Crippen LogP contribution is 2.23. The van der Waals surface area contributed by atoms with Crippen molar-refractivity contribution in [2.24, 2.45) is 0 Å². The van der Waals surface area contributed by atoms with E-state index in [0.717, 1.165) is 25.3 Å². The fourth-order valence-corrected chi connectivity index (χ4v) is 3.37. The van der Waals surface area contributed by atoms with Crippen molar-refractivity contribution in [2.75, 3.05) is 23.9 Å². The molecule has 1 aromatic heterocycles. The fraction of sp³-hybridized carbons (Fsp3) is 0.182. The molecule has 0 radical (unpaired) electrons. The van der Waals surface area contributed by atoms with Crippen molar-refractivity contribution in [1.29, 1.82) is 0 Å². The topological polar surface area (TPSA) is 84.4 Å². The summed E-state index contributed by atoms with van der Waals surface area (Å²) in [5.74, 6) is -0.233. The molecule has 2 aromatic carbocycles. The van der Waals surface area contributed by atoms with Gasteiger partial charge in [-0.15, -0.1) is 10.2 Å². The number of anilines is 2. The molecule has 7 heteroatoms. The van der Waals surface area contributed by atoms with Crippen LogP contribution in [0.15, 0.2) is 60.7 Å². The summed E-state index contributed by atoms with van der Waals surface area (Å²) in [7, 11) is 1.30. The molecule has 7 nitrogen and oxygen atoms in total. The first-order chi connectivity index (χ1) is 14.2. The lowest BCUT2D eigenvalue weighted by Crippen LogP contribution is -2.31. The third-order valence-corrected chi connectivity index (χ3v) is 4.92. The van der Waals surface area contributed by atoms with E-state index >= 15 is 0 Å². The minimum atomic E-state index is -0.521. The second-order valence-corrected chi connectivity index (χ2v) is 6.71. The second kappa shape index (κ2) is 8.10. The maximum atomic E-state index is 12.5. The lowest BCUT2D eigenvalue weighted by atomic mass is 10.00. The van der Waals surface area contributed by atoms with E-state index in [-0.39, 0.29) is 11.3 Å². The Bertz CT molecular complexity index is 1050. The Hall–Kier alpha value is -3.74. The molecule has 3 aromatic rings. The Morgan fingerprint density at radius 2 is 1.72 bits per heavy atom. The molecule has 1 aliphatic rings. The molecule has 2 heterocycles. The van der Waals surface area contributed by atoms with E-state index in [1.54, 1.807) is 36.4 Å². The van der Waals surface area contributed by atoms with Crippen molar-refractivity contribution in [3.63, 3.8) is 0 Å². The first kappa shape index (κ1) is 18.6. The highest BCUT2D eigenvalue weighted by Gasteiger charge is 2.19. The molecule has 0 saturated carbocycles. The van der Waals surface area contributed by atoms with Crippen molar-refractivity contribution in [2.45, 2.75) is 13.0 Å². The molecule has 0 bridgehead atoms. The predicted octanol–water partition coefficient (Wildman–Crippen LogP) is 3.08. The number of aromatic nitrogens is 2. The first-order valence-corrected chi connectivity index (χ1v) is 9.30. The number of carbonyl (C=O) groups excluding carboxylic acids is 2. The number of hydrogen-bond donors (Lipinski definition) is 1. The van der Waals surface area contributed by atoms with Gasteiger partial charge in [-0.2, -0.15) is 0 Å². The number of amides is 1. The van der Waals surface area contributed by atoms with Crippen LogP contribution >= 0.6 is 0 Å². The molecule has 0 atom stereocenters. The van der Waals surface area contributed by atoms with E-state index in [2.05, 4.69) is 38.6 Å². The van der Waals surface area contributed by atoms with Crippen LogP contribution in [-0.4, -0.2) is 35.7 Å². The molecule has 0 saturated heterocycles. The summed E-state index contributed by atoms with van der Waals surface area (Å²) in [6.07, 6.45) is 0.949. The molecule has 146 valence electrons. The van der Waals surface area contributed by atoms with Crippen LogP contribution in [0, 0.1) is 0 Å². The lowest BCUT2D eigenvalue weighted by molar-refractivity contribution is 0.0602. The molecular weight excluding hydrogens is 368 g/mol. The molecule has 0 spiro atoms. The highest BCUT2D eigenvalue weighted by molar-refractivity contribution is 6.07. The quantitative estimate of drug-likeness (QED) is 0.692. The normalized spacial score (nSPS) is 12.8. The van der Waals surface area contributed by atoms with E-state index in [0.29, 0.717) is 5.69 Å². The molecule has 1 amide bonds. The van der Waals surface area contributed by atoms with Gasteiger partial charge in [-0.05, 0) is 41.8 Å². The molecule has 1 N–H and O–H groups in total. The van der Waals surface area contributed by atoms with Gasteiger partial charge in [0.1, 0.15) is 0 Å². The Balaban J connectivity index is 1.48. The molecular formula is C22H20N4O3. The number of rotatable bonds is 4. The zero-order valence-electron chi connectivity index (χ0n) is 16.0. The highest BCUT2D eigenvalue weighted by atomic mass is 16.5. The zero-order chi connectivity index (χ0) is 20.2. The molecule has 4 rings (SSSR count). The summed E-state index contributed by atoms with van der Waals surface area (Å²) in [4.78, 5) is 26.5. The zero-order valence-corrected chi connectivity index (χ0v) is 16.0. The maximum absolute atomic E-state index is 12.5. The Labute approximate surface area is 168 Å². The van der Waals surface area contributed by atoms with Crippen LogP contribution in [0.4, 0.5) is 11.5 Å². The predicted molar refractivity (Wildman–Crippen MR) is 109 cm³/mol. The van der Waals surface area contributed by atoms with Gasteiger partial charge in [0, 0.05) is 13.1 Å². The molecule has 0 aliphatic carbocycles. The number of nitrogens with zero attached hydrogens (tertiary/aromatic N) is 3. The summed E-state index contributed by atoms with van der Waals surface area (Å²) in [6.45, 7) is 1.62. The SMILES string of the molecule is COC(=O)c1ccccc1NC(=O)c1ccc(N2CCc3ccccc3C2)nn1. The molecule has 1 aliphatic heterocycles. The summed E-state index contributed by atoms with van der Waals surface area (Å²) < 4.78 is 4.75. The van der Waals surface area contributed by atoms with Crippen molar-refractivity contribution >= 4 is 23.4 Å². The minimum Gasteiger partial charge on any atom is -0.465 e. The van der Waals surface area contributed by atoms with Gasteiger partial charge in [0.05, 0.1) is 18.4 Å². The Morgan fingerprint density at radius 3 is 2.48 bits per heavy atom. The maximum Gasteiger partial charge on any atom is 0.339 e. The van der Waals surface area contributed by atoms with Gasteiger partial charge in [0.15, 0.2) is 11.5 Å². The van der Waals surface area contributed by atoms with Crippen molar-refractivity contribution in [3.05, 3.63) is 83.0 Å². The average Bonchev–Trinajstić information content (AvgIpc) is 2.78. The van der Waals surface area contributed by atoms with Crippen molar-refractivity contribution < 1.29 is 14.3 Å². The minimum absolute atomic E-state index is 0.172. The average molecular weight is 388 g/mol. The third kappa shape index (κ3) is 3.94. The number of fused-ring (bicyclic) bond motifs is 1. The standard InChI is InChI=1S/C22H20N4O3/c1-29-22(28)17-8-4-5-9-18(17)23-21(27)19-10-11-20(25-24-19)26-13-12-15-6-2-3-7-16(15)14-26/h2-11H,12-14H2,1H3,(H,23,27). The molecule has 29 heavy (non-hydrogen) atoms. The van der Waals surface area contributed by atoms with E-state index in [9.17, 15) is 9.59 Å². The van der Waals surface area contributed by atoms with Gasteiger partial charge >= 0.3 is 5.97 Å². The van der Waals surface area contributed by atoms with Crippen molar-refractivity contribution in [3.8, 4) is 0 Å². The molecule has 0 unspecified atom stereocenters. The number of para-hydroxylation sites is 1. The summed E-state index contributed by atoms with van der Waals surface area (Å²) in [6, 6.07) is 18.4. The van der Waals surface area contributed by atoms with Crippen LogP contribution in [0.1, 0.15) is 32.0 Å². The Morgan fingerprint density at radius 1 is 0.966 bits per heavy atom. The first-order valence-electron chi connectivity index (χ1n) is 9.30. The smallest absolute Gasteiger partial charge is 0.339 e. The fourth-order valence-electron chi connectivity index (χ4n) is 3.37. The van der Waals surface area contributed by atoms with Crippen LogP contribution < -0.4 is 10.2 Å². The van der Waals surface area contributed by atoms with Crippen LogP contribution in [0.5, 0.6) is 0 Å². The number of benzene rings is 2. The van der Waals surface area contributed by atoms with Gasteiger partial charge in [-0.1, -0.05) is 36.4 Å². The lowest BCUT2D eigenvalue weighted by Gasteiger charge is -2.29. The largest absolute Gasteiger partial charge is 0.465 e. The van der Waals surface area contributed by atoms with E-state index in [1.165, 1.54) is 18.2 Å². The van der Waals surface area contributed by atoms with Gasteiger partial charge in [-0.25, -0.2) is 4.79 Å². The van der Waals surface area contributed by atoms with E-state index < -0.39 is 11.9 Å². The van der Waals surface area contributed by atoms with Gasteiger partial charge in [-0.3, -0.25) is 4.79 Å². The van der Waals surface area contributed by atoms with E-state index in [4.69, 9.17) is 4.74 Å². The summed E-state index contributed by atoms with van der Waals surface area (Å²) in [5.41, 5.74) is 3.45. The van der Waals surface area contributed by atoms with Crippen LogP contribution in [0.2, 0.25) is 0 Å². The number of ether oxygens (including phenoxy) is 1. The number of nitrogens with one attached hydrogen (secondary N) is 1. The van der Waals surface area contributed by atoms with Crippen LogP contribution in [0.3, 0.4) is 0 Å². The van der Waals surface area contributed by atoms with Gasteiger partial charge < -0.3 is 15.0 Å². The number of methoxy groups -OCH3 is 1. The number of carbonyl (C=O) groups is 2. The second-order valence-electron chi connectivity index (χ2n) is 6.71. The van der Waals surface area contributed by atoms with E-state index in [1.807, 2.05) is 6.07 Å². The molecule has 0 fully saturated rings. The Kier molecular flexibility index (Phi) is 5.20. The van der Waals surface area contributed by atoms with Crippen LogP contribution in [0.25, 0.3) is 0 Å². The monoisotopic (exact) mass is 388 g/mol. The van der Waals surface area contributed by atoms with Crippen molar-refractivity contribution in [1.82, 2.24) is 10.2 Å². The third-order valence-electron chi connectivity index (χ3n) is 4.92.